The second kappa shape index (κ2) is 9.32. The van der Waals surface area contributed by atoms with E-state index in [9.17, 15) is 4.79 Å². The van der Waals surface area contributed by atoms with E-state index in [4.69, 9.17) is 4.74 Å². The minimum atomic E-state index is 0.0516. The number of para-hydroxylation sites is 2. The van der Waals surface area contributed by atoms with Crippen molar-refractivity contribution < 1.29 is 9.53 Å². The number of thioether (sulfide) groups is 1. The summed E-state index contributed by atoms with van der Waals surface area (Å²) in [5.74, 6) is 1.02. The van der Waals surface area contributed by atoms with Gasteiger partial charge in [-0.05, 0) is 41.5 Å². The first-order valence-electron chi connectivity index (χ1n) is 8.98. The maximum Gasteiger partial charge on any atom is 0.214 e. The Morgan fingerprint density at radius 1 is 1.11 bits per heavy atom. The van der Waals surface area contributed by atoms with Crippen LogP contribution in [0.4, 0.5) is 0 Å². The van der Waals surface area contributed by atoms with E-state index in [0.717, 1.165) is 18.5 Å². The monoisotopic (exact) mass is 382 g/mol. The molecule has 3 aromatic rings. The fourth-order valence-electron chi connectivity index (χ4n) is 2.69. The van der Waals surface area contributed by atoms with E-state index in [1.54, 1.807) is 4.68 Å². The molecular formula is C20H22N4O2S. The van der Waals surface area contributed by atoms with E-state index in [-0.39, 0.29) is 11.5 Å². The number of ketones is 1. The van der Waals surface area contributed by atoms with E-state index in [2.05, 4.69) is 22.4 Å². The van der Waals surface area contributed by atoms with Crippen molar-refractivity contribution >= 4 is 17.5 Å². The van der Waals surface area contributed by atoms with Crippen LogP contribution in [0.3, 0.4) is 0 Å². The third-order valence-corrected chi connectivity index (χ3v) is 4.90. The highest BCUT2D eigenvalue weighted by Crippen LogP contribution is 2.26. The Balaban J connectivity index is 1.71. The number of aromatic nitrogens is 4. The minimum absolute atomic E-state index is 0.0516. The molecule has 3 rings (SSSR count). The first-order valence-corrected chi connectivity index (χ1v) is 9.97. The van der Waals surface area contributed by atoms with Crippen LogP contribution in [0.1, 0.15) is 36.2 Å². The number of rotatable bonds is 9. The maximum absolute atomic E-state index is 12.5. The SMILES string of the molecule is CCCc1ccc(C(=O)CSc2nnnn2-c2ccccc2OCC)cc1. The fraction of sp³-hybridized carbons (Fsp3) is 0.300. The lowest BCUT2D eigenvalue weighted by molar-refractivity contribution is 0.102. The quantitative estimate of drug-likeness (QED) is 0.412. The standard InChI is InChI=1S/C20H22N4O2S/c1-3-7-15-10-12-16(13-11-15)18(25)14-27-20-21-22-23-24(20)17-8-5-6-9-19(17)26-4-2/h5-6,8-13H,3-4,7,14H2,1-2H3. The van der Waals surface area contributed by atoms with Crippen molar-refractivity contribution in [3.05, 3.63) is 59.7 Å². The second-order valence-electron chi connectivity index (χ2n) is 5.93. The lowest BCUT2D eigenvalue weighted by Gasteiger charge is -2.10. The van der Waals surface area contributed by atoms with Gasteiger partial charge in [-0.3, -0.25) is 4.79 Å². The summed E-state index contributed by atoms with van der Waals surface area (Å²) in [7, 11) is 0. The van der Waals surface area contributed by atoms with Crippen LogP contribution in [0.25, 0.3) is 5.69 Å². The number of tetrazole rings is 1. The average molecular weight is 382 g/mol. The number of carbonyl (C=O) groups excluding carboxylic acids is 1. The highest BCUT2D eigenvalue weighted by molar-refractivity contribution is 7.99. The molecule has 0 spiro atoms. The molecule has 7 heteroatoms. The first kappa shape index (κ1) is 19.1. The molecule has 1 aromatic heterocycles. The van der Waals surface area contributed by atoms with Crippen LogP contribution in [0, 0.1) is 0 Å². The normalized spacial score (nSPS) is 10.7. The summed E-state index contributed by atoms with van der Waals surface area (Å²) in [6.07, 6.45) is 2.12. The molecule has 27 heavy (non-hydrogen) atoms. The van der Waals surface area contributed by atoms with Gasteiger partial charge in [0.25, 0.3) is 0 Å². The summed E-state index contributed by atoms with van der Waals surface area (Å²) in [5.41, 5.74) is 2.71. The molecule has 0 radical (unpaired) electrons. The van der Waals surface area contributed by atoms with Crippen molar-refractivity contribution in [3.8, 4) is 11.4 Å². The molecule has 0 bridgehead atoms. The predicted molar refractivity (Wildman–Crippen MR) is 106 cm³/mol. The van der Waals surface area contributed by atoms with Gasteiger partial charge >= 0.3 is 0 Å². The van der Waals surface area contributed by atoms with Crippen molar-refractivity contribution in [1.82, 2.24) is 20.2 Å². The molecule has 0 saturated carbocycles. The van der Waals surface area contributed by atoms with Crippen LogP contribution in [-0.2, 0) is 6.42 Å². The third-order valence-electron chi connectivity index (χ3n) is 3.98. The highest BCUT2D eigenvalue weighted by Gasteiger charge is 2.15. The number of nitrogens with zero attached hydrogens (tertiary/aromatic N) is 4. The number of ether oxygens (including phenoxy) is 1. The summed E-state index contributed by atoms with van der Waals surface area (Å²) < 4.78 is 7.25. The van der Waals surface area contributed by atoms with E-state index in [1.807, 2.05) is 55.5 Å². The second-order valence-corrected chi connectivity index (χ2v) is 6.88. The highest BCUT2D eigenvalue weighted by atomic mass is 32.2. The maximum atomic E-state index is 12.5. The van der Waals surface area contributed by atoms with Crippen LogP contribution in [0.2, 0.25) is 0 Å². The smallest absolute Gasteiger partial charge is 0.214 e. The molecule has 140 valence electrons. The van der Waals surface area contributed by atoms with Crippen molar-refractivity contribution in [3.63, 3.8) is 0 Å². The van der Waals surface area contributed by atoms with E-state index in [0.29, 0.717) is 23.1 Å². The molecule has 2 aromatic carbocycles. The van der Waals surface area contributed by atoms with Crippen LogP contribution in [-0.4, -0.2) is 38.4 Å². The van der Waals surface area contributed by atoms with Crippen molar-refractivity contribution in [2.45, 2.75) is 31.8 Å². The lowest BCUT2D eigenvalue weighted by Crippen LogP contribution is -2.06. The molecular weight excluding hydrogens is 360 g/mol. The van der Waals surface area contributed by atoms with Gasteiger partial charge in [-0.2, -0.15) is 4.68 Å². The topological polar surface area (TPSA) is 69.9 Å². The summed E-state index contributed by atoms with van der Waals surface area (Å²) in [6, 6.07) is 15.4. The summed E-state index contributed by atoms with van der Waals surface area (Å²) in [4.78, 5) is 12.5. The number of hydrogen-bond acceptors (Lipinski definition) is 6. The van der Waals surface area contributed by atoms with E-state index in [1.165, 1.54) is 17.3 Å². The van der Waals surface area contributed by atoms with Crippen molar-refractivity contribution in [1.29, 1.82) is 0 Å². The number of benzene rings is 2. The molecule has 0 saturated heterocycles. The molecule has 1 heterocycles. The summed E-state index contributed by atoms with van der Waals surface area (Å²) in [6.45, 7) is 4.62. The zero-order chi connectivity index (χ0) is 19.1. The van der Waals surface area contributed by atoms with Gasteiger partial charge in [0.15, 0.2) is 5.78 Å². The summed E-state index contributed by atoms with van der Waals surface area (Å²) in [5, 5.41) is 12.4. The zero-order valence-corrected chi connectivity index (χ0v) is 16.3. The summed E-state index contributed by atoms with van der Waals surface area (Å²) >= 11 is 1.31. The van der Waals surface area contributed by atoms with Crippen LogP contribution >= 0.6 is 11.8 Å². The van der Waals surface area contributed by atoms with Crippen LogP contribution in [0.15, 0.2) is 53.7 Å². The molecule has 0 amide bonds. The Morgan fingerprint density at radius 2 is 1.89 bits per heavy atom. The van der Waals surface area contributed by atoms with Crippen LogP contribution < -0.4 is 4.74 Å². The van der Waals surface area contributed by atoms with Gasteiger partial charge in [0.1, 0.15) is 11.4 Å². The zero-order valence-electron chi connectivity index (χ0n) is 15.5. The van der Waals surface area contributed by atoms with Crippen molar-refractivity contribution in [2.24, 2.45) is 0 Å². The molecule has 6 nitrogen and oxygen atoms in total. The average Bonchev–Trinajstić information content (AvgIpc) is 3.16. The van der Waals surface area contributed by atoms with Gasteiger partial charge in [0, 0.05) is 5.56 Å². The molecule has 0 aliphatic carbocycles. The van der Waals surface area contributed by atoms with Gasteiger partial charge in [0.05, 0.1) is 12.4 Å². The Labute approximate surface area is 162 Å². The Kier molecular flexibility index (Phi) is 6.59. The Morgan fingerprint density at radius 3 is 2.63 bits per heavy atom. The number of hydrogen-bond donors (Lipinski definition) is 0. The molecule has 0 atom stereocenters. The third kappa shape index (κ3) is 4.74. The Bertz CT molecular complexity index is 893. The van der Waals surface area contributed by atoms with Crippen LogP contribution in [0.5, 0.6) is 5.75 Å². The van der Waals surface area contributed by atoms with Gasteiger partial charge in [-0.25, -0.2) is 0 Å². The van der Waals surface area contributed by atoms with Gasteiger partial charge in [-0.1, -0.05) is 61.5 Å². The molecule has 0 unspecified atom stereocenters. The fourth-order valence-corrected chi connectivity index (χ4v) is 3.47. The largest absolute Gasteiger partial charge is 0.492 e. The molecule has 0 N–H and O–H groups in total. The molecule has 0 aliphatic rings. The molecule has 0 aliphatic heterocycles. The number of carbonyl (C=O) groups is 1. The van der Waals surface area contributed by atoms with Gasteiger partial charge < -0.3 is 4.74 Å². The van der Waals surface area contributed by atoms with Crippen molar-refractivity contribution in [2.75, 3.05) is 12.4 Å². The Hall–Kier alpha value is -2.67. The number of Topliss-reactive ketones (excluding diaryl/α,β-unsaturated/α-hetero) is 1. The minimum Gasteiger partial charge on any atom is -0.492 e. The number of aryl methyl sites for hydroxylation is 1. The van der Waals surface area contributed by atoms with Gasteiger partial charge in [-0.15, -0.1) is 5.10 Å². The first-order chi connectivity index (χ1) is 13.2. The lowest BCUT2D eigenvalue weighted by atomic mass is 10.1. The van der Waals surface area contributed by atoms with E-state index < -0.39 is 0 Å². The van der Waals surface area contributed by atoms with Gasteiger partial charge in [0.2, 0.25) is 5.16 Å². The molecule has 0 fully saturated rings. The van der Waals surface area contributed by atoms with E-state index >= 15 is 0 Å². The predicted octanol–water partition coefficient (Wildman–Crippen LogP) is 3.99.